The molecule has 1 N–H and O–H groups in total. The lowest BCUT2D eigenvalue weighted by Crippen LogP contribution is -2.41. The zero-order chi connectivity index (χ0) is 14.6. The second-order valence-electron chi connectivity index (χ2n) is 7.46. The molecule has 2 saturated heterocycles. The van der Waals surface area contributed by atoms with Crippen LogP contribution in [0.5, 0.6) is 0 Å². The van der Waals surface area contributed by atoms with Crippen molar-refractivity contribution in [2.45, 2.75) is 57.8 Å². The molecule has 20 heavy (non-hydrogen) atoms. The normalized spacial score (nSPS) is 32.1. The summed E-state index contributed by atoms with van der Waals surface area (Å²) >= 11 is 0. The van der Waals surface area contributed by atoms with Crippen molar-refractivity contribution >= 4 is 0 Å². The summed E-state index contributed by atoms with van der Waals surface area (Å²) in [5.41, 5.74) is 0.184. The Bertz CT molecular complexity index is 291. The first-order chi connectivity index (χ1) is 9.46. The van der Waals surface area contributed by atoms with E-state index in [0.717, 1.165) is 25.6 Å². The van der Waals surface area contributed by atoms with E-state index in [-0.39, 0.29) is 5.54 Å². The van der Waals surface area contributed by atoms with Crippen molar-refractivity contribution in [3.8, 4) is 0 Å². The Morgan fingerprint density at radius 1 is 1.20 bits per heavy atom. The lowest BCUT2D eigenvalue weighted by Gasteiger charge is -2.24. The molecule has 2 rings (SSSR count). The fourth-order valence-corrected chi connectivity index (χ4v) is 3.22. The molecule has 0 bridgehead atoms. The van der Waals surface area contributed by atoms with Crippen LogP contribution in [-0.4, -0.2) is 62.5 Å². The molecule has 2 aliphatic rings. The molecule has 0 aromatic carbocycles. The summed E-state index contributed by atoms with van der Waals surface area (Å²) in [5, 5.41) is 3.55. The molecule has 4 nitrogen and oxygen atoms in total. The first-order valence-electron chi connectivity index (χ1n) is 8.08. The summed E-state index contributed by atoms with van der Waals surface area (Å²) in [6.45, 7) is 12.0. The van der Waals surface area contributed by atoms with Crippen LogP contribution in [0.2, 0.25) is 0 Å². The predicted octanol–water partition coefficient (Wildman–Crippen LogP) is 1.89. The zero-order valence-electron chi connectivity index (χ0n) is 13.7. The third kappa shape index (κ3) is 5.32. The number of ether oxygens (including phenoxy) is 2. The van der Waals surface area contributed by atoms with E-state index in [2.05, 4.69) is 31.0 Å². The molecule has 2 aliphatic heterocycles. The van der Waals surface area contributed by atoms with E-state index in [0.29, 0.717) is 12.2 Å². The van der Waals surface area contributed by atoms with Crippen molar-refractivity contribution in [1.29, 1.82) is 0 Å². The van der Waals surface area contributed by atoms with Gasteiger partial charge in [0.2, 0.25) is 0 Å². The number of methoxy groups -OCH3 is 1. The number of hydrogen-bond acceptors (Lipinski definition) is 4. The molecule has 118 valence electrons. The summed E-state index contributed by atoms with van der Waals surface area (Å²) in [6.07, 6.45) is 4.51. The van der Waals surface area contributed by atoms with Crippen molar-refractivity contribution in [2.24, 2.45) is 5.92 Å². The quantitative estimate of drug-likeness (QED) is 0.807. The lowest BCUT2D eigenvalue weighted by molar-refractivity contribution is 0.0236. The largest absolute Gasteiger partial charge is 0.384 e. The Balaban J connectivity index is 1.64. The van der Waals surface area contributed by atoms with Crippen molar-refractivity contribution in [2.75, 3.05) is 39.9 Å². The zero-order valence-corrected chi connectivity index (χ0v) is 13.7. The van der Waals surface area contributed by atoms with Gasteiger partial charge >= 0.3 is 0 Å². The second kappa shape index (κ2) is 7.21. The summed E-state index contributed by atoms with van der Waals surface area (Å²) in [6, 6.07) is 0. The number of hydrogen-bond donors (Lipinski definition) is 1. The molecular formula is C16H32N2O2. The topological polar surface area (TPSA) is 33.7 Å². The number of nitrogens with zero attached hydrogens (tertiary/aromatic N) is 1. The summed E-state index contributed by atoms with van der Waals surface area (Å²) in [5.74, 6) is 0.722. The standard InChI is InChI=1S/C16H32N2O2/c1-16(2,3)17-9-14-5-6-15(20-14)11-18-8-7-13(10-18)12-19-4/h13-15,17H,5-12H2,1-4H3. The highest BCUT2D eigenvalue weighted by Gasteiger charge is 2.30. The van der Waals surface area contributed by atoms with Crippen molar-refractivity contribution in [3.63, 3.8) is 0 Å². The van der Waals surface area contributed by atoms with E-state index in [9.17, 15) is 0 Å². The van der Waals surface area contributed by atoms with Crippen LogP contribution < -0.4 is 5.32 Å². The molecule has 2 heterocycles. The average molecular weight is 284 g/mol. The fraction of sp³-hybridized carbons (Fsp3) is 1.00. The van der Waals surface area contributed by atoms with E-state index < -0.39 is 0 Å². The van der Waals surface area contributed by atoms with Crippen LogP contribution in [-0.2, 0) is 9.47 Å². The van der Waals surface area contributed by atoms with Crippen LogP contribution in [0.15, 0.2) is 0 Å². The average Bonchev–Trinajstić information content (AvgIpc) is 2.97. The molecule has 0 radical (unpaired) electrons. The monoisotopic (exact) mass is 284 g/mol. The van der Waals surface area contributed by atoms with E-state index in [1.165, 1.54) is 32.4 Å². The first-order valence-corrected chi connectivity index (χ1v) is 8.08. The summed E-state index contributed by atoms with van der Waals surface area (Å²) in [4.78, 5) is 2.55. The molecule has 0 saturated carbocycles. The molecule has 4 heteroatoms. The highest BCUT2D eigenvalue weighted by Crippen LogP contribution is 2.23. The molecule has 3 atom stereocenters. The minimum atomic E-state index is 0.184. The van der Waals surface area contributed by atoms with Crippen molar-refractivity contribution in [1.82, 2.24) is 10.2 Å². The minimum absolute atomic E-state index is 0.184. The van der Waals surface area contributed by atoms with Gasteiger partial charge in [0.25, 0.3) is 0 Å². The van der Waals surface area contributed by atoms with E-state index in [1.807, 2.05) is 0 Å². The van der Waals surface area contributed by atoms with Crippen LogP contribution in [0, 0.1) is 5.92 Å². The Labute approximate surface area is 124 Å². The van der Waals surface area contributed by atoms with Crippen LogP contribution in [0.25, 0.3) is 0 Å². The van der Waals surface area contributed by atoms with Crippen LogP contribution in [0.1, 0.15) is 40.0 Å². The van der Waals surface area contributed by atoms with Gasteiger partial charge in [-0.3, -0.25) is 0 Å². The van der Waals surface area contributed by atoms with Crippen molar-refractivity contribution < 1.29 is 9.47 Å². The minimum Gasteiger partial charge on any atom is -0.384 e. The van der Waals surface area contributed by atoms with Gasteiger partial charge in [0.15, 0.2) is 0 Å². The van der Waals surface area contributed by atoms with Crippen LogP contribution in [0.4, 0.5) is 0 Å². The predicted molar refractivity (Wildman–Crippen MR) is 82.1 cm³/mol. The molecule has 0 aliphatic carbocycles. The van der Waals surface area contributed by atoms with Gasteiger partial charge in [-0.15, -0.1) is 0 Å². The highest BCUT2D eigenvalue weighted by molar-refractivity contribution is 4.83. The first kappa shape index (κ1) is 16.2. The van der Waals surface area contributed by atoms with Crippen molar-refractivity contribution in [3.05, 3.63) is 0 Å². The van der Waals surface area contributed by atoms with Gasteiger partial charge in [-0.2, -0.15) is 0 Å². The maximum atomic E-state index is 6.18. The van der Waals surface area contributed by atoms with Crippen LogP contribution in [0.3, 0.4) is 0 Å². The maximum absolute atomic E-state index is 6.18. The van der Waals surface area contributed by atoms with Gasteiger partial charge in [0, 0.05) is 32.3 Å². The Morgan fingerprint density at radius 3 is 2.65 bits per heavy atom. The van der Waals surface area contributed by atoms with Crippen LogP contribution >= 0.6 is 0 Å². The Kier molecular flexibility index (Phi) is 5.84. The SMILES string of the molecule is COCC1CCN(CC2CCC(CNC(C)(C)C)O2)C1. The van der Waals surface area contributed by atoms with Gasteiger partial charge in [0.05, 0.1) is 18.8 Å². The summed E-state index contributed by atoms with van der Waals surface area (Å²) < 4.78 is 11.4. The molecule has 3 unspecified atom stereocenters. The van der Waals surface area contributed by atoms with Gasteiger partial charge in [-0.05, 0) is 52.5 Å². The fourth-order valence-electron chi connectivity index (χ4n) is 3.22. The van der Waals surface area contributed by atoms with Gasteiger partial charge in [-0.1, -0.05) is 0 Å². The third-order valence-corrected chi connectivity index (χ3v) is 4.29. The molecule has 2 fully saturated rings. The molecule has 0 aromatic rings. The molecular weight excluding hydrogens is 252 g/mol. The van der Waals surface area contributed by atoms with Gasteiger partial charge in [-0.25, -0.2) is 0 Å². The summed E-state index contributed by atoms with van der Waals surface area (Å²) in [7, 11) is 1.80. The van der Waals surface area contributed by atoms with E-state index in [4.69, 9.17) is 9.47 Å². The Morgan fingerprint density at radius 2 is 1.95 bits per heavy atom. The lowest BCUT2D eigenvalue weighted by atomic mass is 10.1. The smallest absolute Gasteiger partial charge is 0.0707 e. The molecule has 0 amide bonds. The molecule has 0 spiro atoms. The number of nitrogens with one attached hydrogen (secondary N) is 1. The maximum Gasteiger partial charge on any atom is 0.0707 e. The Hall–Kier alpha value is -0.160. The van der Waals surface area contributed by atoms with Gasteiger partial charge in [0.1, 0.15) is 0 Å². The molecule has 0 aromatic heterocycles. The number of rotatable bonds is 6. The number of likely N-dealkylation sites (tertiary alicyclic amines) is 1. The van der Waals surface area contributed by atoms with E-state index in [1.54, 1.807) is 7.11 Å². The van der Waals surface area contributed by atoms with E-state index >= 15 is 0 Å². The second-order valence-corrected chi connectivity index (χ2v) is 7.46. The van der Waals surface area contributed by atoms with Gasteiger partial charge < -0.3 is 19.7 Å². The third-order valence-electron chi connectivity index (χ3n) is 4.29. The highest BCUT2D eigenvalue weighted by atomic mass is 16.5.